The first-order chi connectivity index (χ1) is 4.83. The molecule has 0 saturated heterocycles. The van der Waals surface area contributed by atoms with Crippen LogP contribution in [0, 0.1) is 17.8 Å². The molecule has 0 radical (unpaired) electrons. The van der Waals surface area contributed by atoms with Crippen molar-refractivity contribution in [1.29, 1.82) is 0 Å². The second kappa shape index (κ2) is 2.19. The van der Waals surface area contributed by atoms with E-state index in [0.717, 1.165) is 19.3 Å². The van der Waals surface area contributed by atoms with Gasteiger partial charge in [0.2, 0.25) is 0 Å². The second-order valence-corrected chi connectivity index (χ2v) is 3.68. The third-order valence-corrected chi connectivity index (χ3v) is 3.24. The van der Waals surface area contributed by atoms with E-state index in [4.69, 9.17) is 5.73 Å². The lowest BCUT2D eigenvalue weighted by Gasteiger charge is -2.18. The van der Waals surface area contributed by atoms with Gasteiger partial charge in [-0.2, -0.15) is 0 Å². The number of halogens is 1. The van der Waals surface area contributed by atoms with Crippen molar-refractivity contribution in [3.63, 3.8) is 0 Å². The van der Waals surface area contributed by atoms with Crippen LogP contribution in [0.3, 0.4) is 0 Å². The standard InChI is InChI=1S/C8H14FN/c9-8-5-1-2-7(8)6(3-5)4-10/h5-8H,1-4,10H2. The summed E-state index contributed by atoms with van der Waals surface area (Å²) in [5, 5.41) is 0. The van der Waals surface area contributed by atoms with E-state index in [9.17, 15) is 4.39 Å². The molecule has 58 valence electrons. The Morgan fingerprint density at radius 1 is 1.40 bits per heavy atom. The van der Waals surface area contributed by atoms with Gasteiger partial charge in [0.15, 0.2) is 0 Å². The van der Waals surface area contributed by atoms with E-state index in [0.29, 0.717) is 24.3 Å². The van der Waals surface area contributed by atoms with Crippen molar-refractivity contribution in [2.75, 3.05) is 6.54 Å². The lowest BCUT2D eigenvalue weighted by atomic mass is 9.89. The van der Waals surface area contributed by atoms with Crippen LogP contribution in [-0.4, -0.2) is 12.7 Å². The van der Waals surface area contributed by atoms with Crippen LogP contribution in [0.2, 0.25) is 0 Å². The fourth-order valence-electron chi connectivity index (χ4n) is 2.65. The summed E-state index contributed by atoms with van der Waals surface area (Å²) in [5.41, 5.74) is 5.52. The van der Waals surface area contributed by atoms with Crippen molar-refractivity contribution >= 4 is 0 Å². The molecule has 2 rings (SSSR count). The van der Waals surface area contributed by atoms with Gasteiger partial charge in [-0.1, -0.05) is 0 Å². The number of nitrogens with two attached hydrogens (primary N) is 1. The van der Waals surface area contributed by atoms with Crippen molar-refractivity contribution < 1.29 is 4.39 Å². The van der Waals surface area contributed by atoms with Crippen molar-refractivity contribution in [3.05, 3.63) is 0 Å². The van der Waals surface area contributed by atoms with Gasteiger partial charge < -0.3 is 5.73 Å². The maximum Gasteiger partial charge on any atom is 0.106 e. The molecular formula is C8H14FN. The average molecular weight is 143 g/mol. The SMILES string of the molecule is NCC1CC2CCC1C2F. The van der Waals surface area contributed by atoms with Crippen LogP contribution in [0.15, 0.2) is 0 Å². The molecule has 4 atom stereocenters. The summed E-state index contributed by atoms with van der Waals surface area (Å²) in [6, 6.07) is 0. The van der Waals surface area contributed by atoms with Crippen LogP contribution in [-0.2, 0) is 0 Å². The molecule has 2 N–H and O–H groups in total. The van der Waals surface area contributed by atoms with Gasteiger partial charge in [-0.05, 0) is 43.6 Å². The van der Waals surface area contributed by atoms with Crippen LogP contribution in [0.1, 0.15) is 19.3 Å². The minimum absolute atomic E-state index is 0.329. The quantitative estimate of drug-likeness (QED) is 0.588. The van der Waals surface area contributed by atoms with Gasteiger partial charge in [0.25, 0.3) is 0 Å². The highest BCUT2D eigenvalue weighted by atomic mass is 19.1. The summed E-state index contributed by atoms with van der Waals surface area (Å²) in [6.07, 6.45) is 2.76. The topological polar surface area (TPSA) is 26.0 Å². The summed E-state index contributed by atoms with van der Waals surface area (Å²) in [6.45, 7) is 0.696. The fraction of sp³-hybridized carbons (Fsp3) is 1.00. The molecule has 0 aromatic rings. The van der Waals surface area contributed by atoms with Crippen molar-refractivity contribution in [3.8, 4) is 0 Å². The van der Waals surface area contributed by atoms with Crippen molar-refractivity contribution in [1.82, 2.24) is 0 Å². The molecular weight excluding hydrogens is 129 g/mol. The van der Waals surface area contributed by atoms with Crippen LogP contribution in [0.25, 0.3) is 0 Å². The van der Waals surface area contributed by atoms with E-state index in [2.05, 4.69) is 0 Å². The van der Waals surface area contributed by atoms with Crippen LogP contribution >= 0.6 is 0 Å². The van der Waals surface area contributed by atoms with Crippen LogP contribution < -0.4 is 5.73 Å². The lowest BCUT2D eigenvalue weighted by Crippen LogP contribution is -2.21. The number of fused-ring (bicyclic) bond motifs is 2. The average Bonchev–Trinajstić information content (AvgIpc) is 2.46. The van der Waals surface area contributed by atoms with Gasteiger partial charge in [0, 0.05) is 0 Å². The molecule has 2 aliphatic carbocycles. The predicted molar refractivity (Wildman–Crippen MR) is 38.3 cm³/mol. The highest BCUT2D eigenvalue weighted by Gasteiger charge is 2.47. The molecule has 10 heavy (non-hydrogen) atoms. The summed E-state index contributed by atoms with van der Waals surface area (Å²) in [5.74, 6) is 1.21. The second-order valence-electron chi connectivity index (χ2n) is 3.68. The summed E-state index contributed by atoms with van der Waals surface area (Å²) in [4.78, 5) is 0. The number of hydrogen-bond acceptors (Lipinski definition) is 1. The normalized spacial score (nSPS) is 52.2. The van der Waals surface area contributed by atoms with Gasteiger partial charge in [0.1, 0.15) is 6.17 Å². The molecule has 4 unspecified atom stereocenters. The van der Waals surface area contributed by atoms with Gasteiger partial charge in [0.05, 0.1) is 0 Å². The van der Waals surface area contributed by atoms with Gasteiger partial charge >= 0.3 is 0 Å². The number of alkyl halides is 1. The van der Waals surface area contributed by atoms with Crippen LogP contribution in [0.4, 0.5) is 4.39 Å². The molecule has 2 saturated carbocycles. The van der Waals surface area contributed by atoms with E-state index in [1.54, 1.807) is 0 Å². The zero-order chi connectivity index (χ0) is 7.14. The largest absolute Gasteiger partial charge is 0.330 e. The molecule has 0 heterocycles. The molecule has 2 bridgehead atoms. The molecule has 2 fully saturated rings. The summed E-state index contributed by atoms with van der Waals surface area (Å²) < 4.78 is 13.2. The van der Waals surface area contributed by atoms with Crippen molar-refractivity contribution in [2.45, 2.75) is 25.4 Å². The van der Waals surface area contributed by atoms with Gasteiger partial charge in [-0.15, -0.1) is 0 Å². The molecule has 2 heteroatoms. The monoisotopic (exact) mass is 143 g/mol. The Labute approximate surface area is 60.8 Å². The van der Waals surface area contributed by atoms with E-state index in [-0.39, 0.29) is 0 Å². The molecule has 0 spiro atoms. The first-order valence-electron chi connectivity index (χ1n) is 4.17. The Morgan fingerprint density at radius 2 is 2.20 bits per heavy atom. The van der Waals surface area contributed by atoms with Crippen LogP contribution in [0.5, 0.6) is 0 Å². The number of rotatable bonds is 1. The minimum Gasteiger partial charge on any atom is -0.330 e. The highest BCUT2D eigenvalue weighted by Crippen LogP contribution is 2.49. The molecule has 0 aromatic carbocycles. The summed E-state index contributed by atoms with van der Waals surface area (Å²) in [7, 11) is 0. The Kier molecular flexibility index (Phi) is 1.44. The van der Waals surface area contributed by atoms with E-state index < -0.39 is 6.17 Å². The minimum atomic E-state index is -0.506. The first kappa shape index (κ1) is 6.59. The van der Waals surface area contributed by atoms with E-state index >= 15 is 0 Å². The fourth-order valence-corrected chi connectivity index (χ4v) is 2.65. The molecule has 2 aliphatic rings. The molecule has 0 aromatic heterocycles. The first-order valence-corrected chi connectivity index (χ1v) is 4.17. The lowest BCUT2D eigenvalue weighted by molar-refractivity contribution is 0.246. The predicted octanol–water partition coefficient (Wildman–Crippen LogP) is 1.33. The maximum atomic E-state index is 13.2. The Balaban J connectivity index is 2.08. The highest BCUT2D eigenvalue weighted by molar-refractivity contribution is 4.97. The smallest absolute Gasteiger partial charge is 0.106 e. The Hall–Kier alpha value is -0.110. The molecule has 1 nitrogen and oxygen atoms in total. The van der Waals surface area contributed by atoms with Crippen molar-refractivity contribution in [2.24, 2.45) is 23.5 Å². The van der Waals surface area contributed by atoms with Gasteiger partial charge in [-0.3, -0.25) is 0 Å². The summed E-state index contributed by atoms with van der Waals surface area (Å²) >= 11 is 0. The van der Waals surface area contributed by atoms with E-state index in [1.165, 1.54) is 0 Å². The Morgan fingerprint density at radius 3 is 2.50 bits per heavy atom. The third kappa shape index (κ3) is 0.715. The Bertz CT molecular complexity index is 137. The zero-order valence-corrected chi connectivity index (χ0v) is 6.09. The third-order valence-electron chi connectivity index (χ3n) is 3.24. The van der Waals surface area contributed by atoms with E-state index in [1.807, 2.05) is 0 Å². The van der Waals surface area contributed by atoms with Gasteiger partial charge in [-0.25, -0.2) is 4.39 Å². The number of hydrogen-bond donors (Lipinski definition) is 1. The zero-order valence-electron chi connectivity index (χ0n) is 6.09. The maximum absolute atomic E-state index is 13.2. The molecule has 0 aliphatic heterocycles. The molecule has 0 amide bonds.